The van der Waals surface area contributed by atoms with E-state index >= 15 is 0 Å². The Morgan fingerprint density at radius 1 is 1.00 bits per heavy atom. The summed E-state index contributed by atoms with van der Waals surface area (Å²) in [5.41, 5.74) is 2.58. The first-order chi connectivity index (χ1) is 17.3. The number of methoxy groups -OCH3 is 1. The first-order valence-corrected chi connectivity index (χ1v) is 13.6. The first kappa shape index (κ1) is 26.0. The third-order valence-corrected chi connectivity index (χ3v) is 8.02. The van der Waals surface area contributed by atoms with Gasteiger partial charge in [0.1, 0.15) is 11.8 Å². The Morgan fingerprint density at radius 2 is 1.72 bits per heavy atom. The molecule has 1 fully saturated rings. The van der Waals surface area contributed by atoms with E-state index in [1.165, 1.54) is 13.2 Å². The fraction of sp³-hybridized carbons (Fsp3) is 0.296. The van der Waals surface area contributed by atoms with Crippen LogP contribution in [-0.2, 0) is 21.2 Å². The number of amides is 1. The van der Waals surface area contributed by atoms with Gasteiger partial charge in [0.25, 0.3) is 0 Å². The number of ether oxygens (including phenoxy) is 1. The van der Waals surface area contributed by atoms with Gasteiger partial charge in [0.15, 0.2) is 0 Å². The number of hydrogen-bond acceptors (Lipinski definition) is 5. The topological polar surface area (TPSA) is 78.9 Å². The molecule has 0 bridgehead atoms. The van der Waals surface area contributed by atoms with Gasteiger partial charge in [0.2, 0.25) is 15.9 Å². The molecular formula is C27H30ClN3O4S. The van der Waals surface area contributed by atoms with Crippen LogP contribution in [0.1, 0.15) is 11.1 Å². The molecule has 0 aromatic heterocycles. The summed E-state index contributed by atoms with van der Waals surface area (Å²) >= 11 is 6.14. The Labute approximate surface area is 217 Å². The van der Waals surface area contributed by atoms with Crippen molar-refractivity contribution in [3.63, 3.8) is 0 Å². The number of carbonyl (C=O) groups is 1. The van der Waals surface area contributed by atoms with Crippen LogP contribution >= 0.6 is 11.6 Å². The molecule has 1 N–H and O–H groups in total. The van der Waals surface area contributed by atoms with Crippen molar-refractivity contribution in [2.24, 2.45) is 0 Å². The van der Waals surface area contributed by atoms with Gasteiger partial charge < -0.3 is 14.5 Å². The highest BCUT2D eigenvalue weighted by Gasteiger charge is 2.31. The highest BCUT2D eigenvalue weighted by molar-refractivity contribution is 7.89. The number of anilines is 1. The molecule has 1 aliphatic rings. The lowest BCUT2D eigenvalue weighted by Gasteiger charge is -2.37. The summed E-state index contributed by atoms with van der Waals surface area (Å²) in [6.07, 6.45) is 0.253. The predicted molar refractivity (Wildman–Crippen MR) is 142 cm³/mol. The Kier molecular flexibility index (Phi) is 8.18. The third-order valence-electron chi connectivity index (χ3n) is 6.32. The molecule has 7 nitrogen and oxygen atoms in total. The van der Waals surface area contributed by atoms with Crippen LogP contribution in [-0.4, -0.2) is 58.6 Å². The average molecular weight is 528 g/mol. The van der Waals surface area contributed by atoms with Gasteiger partial charge in [-0.15, -0.1) is 0 Å². The van der Waals surface area contributed by atoms with Crippen LogP contribution in [0.3, 0.4) is 0 Å². The van der Waals surface area contributed by atoms with Crippen molar-refractivity contribution in [3.05, 3.63) is 88.9 Å². The number of piperazine rings is 1. The molecule has 0 spiro atoms. The number of nitrogens with one attached hydrogen (secondary N) is 1. The van der Waals surface area contributed by atoms with Gasteiger partial charge in [-0.2, -0.15) is 4.72 Å². The summed E-state index contributed by atoms with van der Waals surface area (Å²) in [7, 11) is -2.41. The summed E-state index contributed by atoms with van der Waals surface area (Å²) in [6.45, 7) is 4.02. The second kappa shape index (κ2) is 11.3. The molecule has 1 amide bonds. The fourth-order valence-electron chi connectivity index (χ4n) is 4.38. The second-order valence-electron chi connectivity index (χ2n) is 8.79. The van der Waals surface area contributed by atoms with Crippen molar-refractivity contribution >= 4 is 33.2 Å². The summed E-state index contributed by atoms with van der Waals surface area (Å²) in [5, 5.41) is 0.664. The zero-order valence-corrected chi connectivity index (χ0v) is 21.9. The zero-order chi connectivity index (χ0) is 25.7. The summed E-state index contributed by atoms with van der Waals surface area (Å²) < 4.78 is 34.5. The minimum atomic E-state index is -3.95. The van der Waals surface area contributed by atoms with Gasteiger partial charge in [-0.05, 0) is 60.9 Å². The quantitative estimate of drug-likeness (QED) is 0.481. The van der Waals surface area contributed by atoms with E-state index in [0.717, 1.165) is 11.3 Å². The lowest BCUT2D eigenvalue weighted by atomic mass is 10.1. The van der Waals surface area contributed by atoms with Crippen molar-refractivity contribution in [1.82, 2.24) is 9.62 Å². The van der Waals surface area contributed by atoms with Crippen LogP contribution in [0.4, 0.5) is 5.69 Å². The zero-order valence-electron chi connectivity index (χ0n) is 20.4. The monoisotopic (exact) mass is 527 g/mol. The summed E-state index contributed by atoms with van der Waals surface area (Å²) in [4.78, 5) is 17.6. The van der Waals surface area contributed by atoms with Crippen LogP contribution in [0.25, 0.3) is 0 Å². The normalized spacial score (nSPS) is 15.0. The molecule has 1 atom stereocenters. The van der Waals surface area contributed by atoms with E-state index in [-0.39, 0.29) is 17.2 Å². The fourth-order valence-corrected chi connectivity index (χ4v) is 5.84. The number of carbonyl (C=O) groups excluding carboxylic acids is 1. The molecular weight excluding hydrogens is 498 g/mol. The van der Waals surface area contributed by atoms with E-state index < -0.39 is 16.1 Å². The number of nitrogens with zero attached hydrogens (tertiary/aromatic N) is 2. The van der Waals surface area contributed by atoms with E-state index in [2.05, 4.69) is 9.62 Å². The maximum atomic E-state index is 13.6. The average Bonchev–Trinajstić information content (AvgIpc) is 2.88. The molecule has 4 rings (SSSR count). The van der Waals surface area contributed by atoms with Crippen LogP contribution in [0.15, 0.2) is 77.7 Å². The summed E-state index contributed by atoms with van der Waals surface area (Å²) in [5.74, 6) is 0.363. The van der Waals surface area contributed by atoms with Gasteiger partial charge in [-0.3, -0.25) is 4.79 Å². The largest absolute Gasteiger partial charge is 0.496 e. The molecule has 36 heavy (non-hydrogen) atoms. The van der Waals surface area contributed by atoms with Crippen molar-refractivity contribution in [2.45, 2.75) is 24.3 Å². The van der Waals surface area contributed by atoms with Gasteiger partial charge in [0.05, 0.1) is 12.0 Å². The highest BCUT2D eigenvalue weighted by atomic mass is 35.5. The third kappa shape index (κ3) is 6.19. The molecule has 9 heteroatoms. The highest BCUT2D eigenvalue weighted by Crippen LogP contribution is 2.23. The molecule has 0 radical (unpaired) electrons. The van der Waals surface area contributed by atoms with Crippen molar-refractivity contribution in [3.8, 4) is 5.75 Å². The molecule has 3 aromatic rings. The van der Waals surface area contributed by atoms with Crippen LogP contribution < -0.4 is 14.4 Å². The number of benzene rings is 3. The van der Waals surface area contributed by atoms with Gasteiger partial charge in [-0.1, -0.05) is 48.0 Å². The second-order valence-corrected chi connectivity index (χ2v) is 10.9. The molecule has 0 aliphatic carbocycles. The van der Waals surface area contributed by atoms with Crippen molar-refractivity contribution in [2.75, 3.05) is 38.2 Å². The van der Waals surface area contributed by atoms with E-state index in [0.29, 0.717) is 42.5 Å². The molecule has 0 saturated carbocycles. The van der Waals surface area contributed by atoms with Crippen molar-refractivity contribution < 1.29 is 17.9 Å². The first-order valence-electron chi connectivity index (χ1n) is 11.8. The van der Waals surface area contributed by atoms with Gasteiger partial charge >= 0.3 is 0 Å². The number of rotatable bonds is 8. The van der Waals surface area contributed by atoms with Crippen LogP contribution in [0, 0.1) is 6.92 Å². The van der Waals surface area contributed by atoms with E-state index in [4.69, 9.17) is 16.3 Å². The van der Waals surface area contributed by atoms with Gasteiger partial charge in [0, 0.05) is 36.9 Å². The molecule has 3 aromatic carbocycles. The number of aryl methyl sites for hydroxylation is 1. The lowest BCUT2D eigenvalue weighted by molar-refractivity contribution is -0.133. The Bertz CT molecular complexity index is 1310. The minimum Gasteiger partial charge on any atom is -0.496 e. The van der Waals surface area contributed by atoms with Gasteiger partial charge in [-0.25, -0.2) is 8.42 Å². The maximum absolute atomic E-state index is 13.6. The predicted octanol–water partition coefficient (Wildman–Crippen LogP) is 3.90. The Morgan fingerprint density at radius 3 is 2.36 bits per heavy atom. The molecule has 1 saturated heterocycles. The molecule has 0 unspecified atom stereocenters. The molecule has 190 valence electrons. The minimum absolute atomic E-state index is 0.0948. The summed E-state index contributed by atoms with van der Waals surface area (Å²) in [6, 6.07) is 20.8. The van der Waals surface area contributed by atoms with Crippen molar-refractivity contribution in [1.29, 1.82) is 0 Å². The molecule has 1 heterocycles. The Hall–Kier alpha value is -3.07. The number of hydrogen-bond donors (Lipinski definition) is 1. The van der Waals surface area contributed by atoms with E-state index in [9.17, 15) is 13.2 Å². The van der Waals surface area contributed by atoms with E-state index in [1.54, 1.807) is 24.0 Å². The van der Waals surface area contributed by atoms with Crippen LogP contribution in [0.2, 0.25) is 5.02 Å². The standard InChI is InChI=1S/C27H30ClN3O4S/c1-20-17-24(11-12-26(20)35-2)36(33,34)29-25(18-21-7-4-3-5-8-21)27(32)31-15-13-30(14-16-31)23-10-6-9-22(28)19-23/h3-12,17,19,25,29H,13-16,18H2,1-2H3/t25-/m0/s1. The van der Waals surface area contributed by atoms with Crippen LogP contribution in [0.5, 0.6) is 5.75 Å². The number of sulfonamides is 1. The number of halogens is 1. The molecule has 1 aliphatic heterocycles. The van der Waals surface area contributed by atoms with E-state index in [1.807, 2.05) is 54.6 Å². The maximum Gasteiger partial charge on any atom is 0.241 e. The smallest absolute Gasteiger partial charge is 0.241 e. The lowest BCUT2D eigenvalue weighted by Crippen LogP contribution is -2.55. The Balaban J connectivity index is 1.52. The SMILES string of the molecule is COc1ccc(S(=O)(=O)N[C@@H](Cc2ccccc2)C(=O)N2CCN(c3cccc(Cl)c3)CC2)cc1C.